The van der Waals surface area contributed by atoms with Gasteiger partial charge in [-0.2, -0.15) is 0 Å². The molecule has 22 heavy (non-hydrogen) atoms. The van der Waals surface area contributed by atoms with Crippen LogP contribution in [0, 0.1) is 0 Å². The van der Waals surface area contributed by atoms with Gasteiger partial charge in [-0.3, -0.25) is 0 Å². The number of halogens is 1. The number of benzene rings is 1. The molecule has 0 spiro atoms. The summed E-state index contributed by atoms with van der Waals surface area (Å²) in [5, 5.41) is 20.8. The monoisotopic (exact) mass is 337 g/mol. The van der Waals surface area contributed by atoms with E-state index in [2.05, 4.69) is 4.98 Å². The van der Waals surface area contributed by atoms with Crippen LogP contribution in [0.15, 0.2) is 23.1 Å². The van der Waals surface area contributed by atoms with Gasteiger partial charge in [-0.15, -0.1) is 11.8 Å². The van der Waals surface area contributed by atoms with Crippen molar-refractivity contribution in [1.82, 2.24) is 4.98 Å². The summed E-state index contributed by atoms with van der Waals surface area (Å²) in [7, 11) is 0. The quantitative estimate of drug-likeness (QED) is 0.793. The van der Waals surface area contributed by atoms with Crippen LogP contribution in [0.2, 0.25) is 5.15 Å². The van der Waals surface area contributed by atoms with Crippen molar-refractivity contribution in [2.24, 2.45) is 0 Å². The van der Waals surface area contributed by atoms with Crippen LogP contribution in [0.4, 0.5) is 0 Å². The van der Waals surface area contributed by atoms with Crippen LogP contribution in [0.1, 0.15) is 42.6 Å². The predicted octanol–water partition coefficient (Wildman–Crippen LogP) is 4.72. The van der Waals surface area contributed by atoms with Crippen molar-refractivity contribution in [2.45, 2.75) is 42.2 Å². The van der Waals surface area contributed by atoms with Gasteiger partial charge in [-0.05, 0) is 31.0 Å². The molecule has 3 rings (SSSR count). The van der Waals surface area contributed by atoms with Crippen molar-refractivity contribution in [2.75, 3.05) is 0 Å². The smallest absolute Gasteiger partial charge is 0.358 e. The first-order chi connectivity index (χ1) is 10.6. The number of hydrogen-bond donors (Lipinski definition) is 2. The largest absolute Gasteiger partial charge is 0.505 e. The van der Waals surface area contributed by atoms with Gasteiger partial charge in [0.2, 0.25) is 0 Å². The first-order valence-corrected chi connectivity index (χ1v) is 8.54. The summed E-state index contributed by atoms with van der Waals surface area (Å²) in [5.74, 6) is -1.62. The Kier molecular flexibility index (Phi) is 4.45. The number of aromatic hydroxyl groups is 1. The van der Waals surface area contributed by atoms with E-state index in [1.54, 1.807) is 6.07 Å². The van der Waals surface area contributed by atoms with E-state index in [0.717, 1.165) is 4.90 Å². The third-order valence-electron chi connectivity index (χ3n) is 3.96. The Balaban J connectivity index is 1.97. The Morgan fingerprint density at radius 3 is 2.64 bits per heavy atom. The maximum Gasteiger partial charge on any atom is 0.358 e. The van der Waals surface area contributed by atoms with E-state index in [1.165, 1.54) is 32.1 Å². The molecule has 0 bridgehead atoms. The Morgan fingerprint density at radius 2 is 1.95 bits per heavy atom. The van der Waals surface area contributed by atoms with Crippen molar-refractivity contribution in [3.8, 4) is 5.75 Å². The fraction of sp³-hybridized carbons (Fsp3) is 0.375. The molecule has 0 amide bonds. The summed E-state index contributed by atoms with van der Waals surface area (Å²) in [6.45, 7) is 0. The third kappa shape index (κ3) is 3.01. The number of thioether (sulfide) groups is 1. The molecule has 0 unspecified atom stereocenters. The number of nitrogens with zero attached hydrogens (tertiary/aromatic N) is 1. The molecule has 1 fully saturated rings. The molecule has 116 valence electrons. The predicted molar refractivity (Wildman–Crippen MR) is 88.1 cm³/mol. The first kappa shape index (κ1) is 15.4. The van der Waals surface area contributed by atoms with E-state index in [1.807, 2.05) is 23.9 Å². The van der Waals surface area contributed by atoms with E-state index in [4.69, 9.17) is 16.7 Å². The second-order valence-corrected chi connectivity index (χ2v) is 7.22. The van der Waals surface area contributed by atoms with Crippen molar-refractivity contribution < 1.29 is 15.0 Å². The minimum absolute atomic E-state index is 0.108. The van der Waals surface area contributed by atoms with Crippen LogP contribution < -0.4 is 0 Å². The van der Waals surface area contributed by atoms with Crippen LogP contribution in [-0.2, 0) is 0 Å². The zero-order valence-corrected chi connectivity index (χ0v) is 13.5. The minimum Gasteiger partial charge on any atom is -0.505 e. The molecular weight excluding hydrogens is 322 g/mol. The summed E-state index contributed by atoms with van der Waals surface area (Å²) in [6, 6.07) is 5.51. The third-order valence-corrected chi connectivity index (χ3v) is 5.58. The number of carboxylic acids is 1. The van der Waals surface area contributed by atoms with Crippen molar-refractivity contribution in [3.05, 3.63) is 29.0 Å². The molecule has 6 heteroatoms. The molecule has 4 nitrogen and oxygen atoms in total. The van der Waals surface area contributed by atoms with E-state index in [9.17, 15) is 9.90 Å². The molecule has 1 aromatic heterocycles. The lowest BCUT2D eigenvalue weighted by molar-refractivity contribution is 0.0687. The van der Waals surface area contributed by atoms with Gasteiger partial charge in [0.1, 0.15) is 5.15 Å². The number of carboxylic acid groups (broad SMARTS) is 1. The molecule has 1 aliphatic carbocycles. The molecular formula is C16H16ClNO3S. The van der Waals surface area contributed by atoms with E-state index in [-0.39, 0.29) is 10.9 Å². The molecule has 1 heterocycles. The number of aromatic nitrogens is 1. The maximum absolute atomic E-state index is 11.1. The Labute approximate surface area is 137 Å². The summed E-state index contributed by atoms with van der Waals surface area (Å²) in [4.78, 5) is 15.9. The Hall–Kier alpha value is -1.46. The zero-order chi connectivity index (χ0) is 15.7. The Bertz CT molecular complexity index is 729. The number of carbonyl (C=O) groups is 1. The fourth-order valence-corrected chi connectivity index (χ4v) is 4.36. The summed E-state index contributed by atoms with van der Waals surface area (Å²) >= 11 is 7.92. The van der Waals surface area contributed by atoms with Crippen LogP contribution >= 0.6 is 23.4 Å². The number of rotatable bonds is 3. The number of fused-ring (bicyclic) bond motifs is 1. The molecule has 0 atom stereocenters. The maximum atomic E-state index is 11.1. The van der Waals surface area contributed by atoms with E-state index < -0.39 is 11.7 Å². The van der Waals surface area contributed by atoms with Gasteiger partial charge in [0.15, 0.2) is 11.4 Å². The molecule has 1 aromatic carbocycles. The minimum atomic E-state index is -1.29. The van der Waals surface area contributed by atoms with Gasteiger partial charge in [-0.25, -0.2) is 9.78 Å². The van der Waals surface area contributed by atoms with E-state index in [0.29, 0.717) is 16.0 Å². The van der Waals surface area contributed by atoms with Crippen LogP contribution in [0.25, 0.3) is 10.8 Å². The first-order valence-electron chi connectivity index (χ1n) is 7.28. The molecule has 0 saturated heterocycles. The average Bonchev–Trinajstić information content (AvgIpc) is 2.51. The summed E-state index contributed by atoms with van der Waals surface area (Å²) in [6.07, 6.45) is 6.30. The SMILES string of the molecule is O=C(O)c1nc(Cl)c2cc(SC3CCCCC3)ccc2c1O. The molecule has 0 radical (unpaired) electrons. The lowest BCUT2D eigenvalue weighted by Crippen LogP contribution is -2.07. The highest BCUT2D eigenvalue weighted by molar-refractivity contribution is 8.00. The average molecular weight is 338 g/mol. The van der Waals surface area contributed by atoms with Gasteiger partial charge < -0.3 is 10.2 Å². The van der Waals surface area contributed by atoms with Gasteiger partial charge in [0.05, 0.1) is 0 Å². The number of aromatic carboxylic acids is 1. The van der Waals surface area contributed by atoms with Gasteiger partial charge in [0.25, 0.3) is 0 Å². The second-order valence-electron chi connectivity index (χ2n) is 5.49. The van der Waals surface area contributed by atoms with Crippen molar-refractivity contribution in [1.29, 1.82) is 0 Å². The molecule has 2 N–H and O–H groups in total. The Morgan fingerprint density at radius 1 is 1.23 bits per heavy atom. The molecule has 1 saturated carbocycles. The zero-order valence-electron chi connectivity index (χ0n) is 11.9. The molecule has 1 aliphatic rings. The highest BCUT2D eigenvalue weighted by Gasteiger charge is 2.19. The van der Waals surface area contributed by atoms with Crippen molar-refractivity contribution in [3.63, 3.8) is 0 Å². The van der Waals surface area contributed by atoms with E-state index >= 15 is 0 Å². The van der Waals surface area contributed by atoms with Gasteiger partial charge in [0, 0.05) is 20.9 Å². The van der Waals surface area contributed by atoms with Crippen LogP contribution in [0.3, 0.4) is 0 Å². The van der Waals surface area contributed by atoms with Crippen LogP contribution in [0.5, 0.6) is 5.75 Å². The second kappa shape index (κ2) is 6.34. The van der Waals surface area contributed by atoms with Gasteiger partial charge in [-0.1, -0.05) is 30.9 Å². The number of pyridine rings is 1. The summed E-state index contributed by atoms with van der Waals surface area (Å²) in [5.41, 5.74) is -0.412. The standard InChI is InChI=1S/C16H16ClNO3S/c17-15-12-8-10(22-9-4-2-1-3-5-9)6-7-11(12)14(19)13(18-15)16(20)21/h6-9,19H,1-5H2,(H,20,21). The molecule has 2 aromatic rings. The topological polar surface area (TPSA) is 70.4 Å². The van der Waals surface area contributed by atoms with Crippen molar-refractivity contribution >= 4 is 40.1 Å². The number of hydrogen-bond acceptors (Lipinski definition) is 4. The summed E-state index contributed by atoms with van der Waals surface area (Å²) < 4.78 is 0. The lowest BCUT2D eigenvalue weighted by Gasteiger charge is -2.21. The highest BCUT2D eigenvalue weighted by atomic mass is 35.5. The highest BCUT2D eigenvalue weighted by Crippen LogP contribution is 2.38. The normalized spacial score (nSPS) is 16.0. The lowest BCUT2D eigenvalue weighted by atomic mass is 10.0. The fourth-order valence-electron chi connectivity index (χ4n) is 2.84. The van der Waals surface area contributed by atoms with Gasteiger partial charge >= 0.3 is 5.97 Å². The van der Waals surface area contributed by atoms with Crippen LogP contribution in [-0.4, -0.2) is 26.4 Å². The molecule has 0 aliphatic heterocycles.